The van der Waals surface area contributed by atoms with E-state index in [1.165, 1.54) is 147 Å². The Morgan fingerprint density at radius 1 is 0.178 bits per heavy atom. The number of fused-ring (bicyclic) bond motifs is 32. The predicted molar refractivity (Wildman–Crippen MR) is 566 cm³/mol. The van der Waals surface area contributed by atoms with Gasteiger partial charge in [0.2, 0.25) is 0 Å². The highest BCUT2D eigenvalue weighted by molar-refractivity contribution is 6.28. The number of hydrogen-bond acceptors (Lipinski definition) is 7. The van der Waals surface area contributed by atoms with E-state index < -0.39 is 0 Å². The normalized spacial score (nSPS) is 13.0. The van der Waals surface area contributed by atoms with Crippen molar-refractivity contribution in [3.63, 3.8) is 0 Å². The fourth-order valence-electron chi connectivity index (χ4n) is 22.4. The monoisotopic (exact) mass is 1720 g/mol. The molecule has 7 nitrogen and oxygen atoms in total. The molecule has 135 heavy (non-hydrogen) atoms. The van der Waals surface area contributed by atoms with Crippen LogP contribution >= 0.6 is 0 Å². The molecule has 0 aliphatic heterocycles. The zero-order chi connectivity index (χ0) is 89.5. The van der Waals surface area contributed by atoms with Crippen LogP contribution in [0, 0.1) is 0 Å². The van der Waals surface area contributed by atoms with Gasteiger partial charge in [0, 0.05) is 65.8 Å². The van der Waals surface area contributed by atoms with Crippen LogP contribution in [0.5, 0.6) is 0 Å². The van der Waals surface area contributed by atoms with Gasteiger partial charge in [-0.2, -0.15) is 0 Å². The van der Waals surface area contributed by atoms with E-state index >= 15 is 0 Å². The minimum Gasteiger partial charge on any atom is -0.456 e. The summed E-state index contributed by atoms with van der Waals surface area (Å²) in [7, 11) is 0. The first-order chi connectivity index (χ1) is 66.4. The largest absolute Gasteiger partial charge is 0.456 e. The summed E-state index contributed by atoms with van der Waals surface area (Å²) in [6.45, 7) is 9.41. The number of rotatable bonds is 6. The van der Waals surface area contributed by atoms with Gasteiger partial charge in [-0.1, -0.05) is 380 Å². The lowest BCUT2D eigenvalue weighted by Crippen LogP contribution is -2.14. The van der Waals surface area contributed by atoms with Crippen LogP contribution < -0.4 is 0 Å². The molecule has 0 saturated heterocycles. The quantitative estimate of drug-likeness (QED) is 0.153. The molecule has 0 N–H and O–H groups in total. The molecule has 27 aromatic rings. The Hall–Kier alpha value is -17.3. The summed E-state index contributed by atoms with van der Waals surface area (Å²) >= 11 is 0. The number of benzene rings is 23. The summed E-state index contributed by atoms with van der Waals surface area (Å²) in [5, 5.41) is 29.4. The third kappa shape index (κ3) is 12.4. The fourth-order valence-corrected chi connectivity index (χ4v) is 22.4. The molecule has 0 amide bonds. The first-order valence-corrected chi connectivity index (χ1v) is 46.5. The Bertz CT molecular complexity index is 9760. The molecule has 4 aromatic heterocycles. The Morgan fingerprint density at radius 2 is 0.541 bits per heavy atom. The van der Waals surface area contributed by atoms with Crippen LogP contribution in [0.15, 0.2) is 429 Å². The van der Waals surface area contributed by atoms with Crippen LogP contribution in [0.25, 0.3) is 263 Å². The molecule has 0 atom stereocenters. The van der Waals surface area contributed by atoms with Crippen molar-refractivity contribution in [2.75, 3.05) is 0 Å². The molecule has 0 saturated carbocycles. The van der Waals surface area contributed by atoms with Crippen LogP contribution in [0.4, 0.5) is 0 Å². The fraction of sp³-hybridized carbons (Fsp3) is 0.0469. The molecule has 0 bridgehead atoms. The van der Waals surface area contributed by atoms with Gasteiger partial charge in [-0.15, -0.1) is 0 Å². The molecular weight excluding hydrogens is 1640 g/mol. The van der Waals surface area contributed by atoms with Gasteiger partial charge in [-0.3, -0.25) is 0 Å². The van der Waals surface area contributed by atoms with Gasteiger partial charge < -0.3 is 4.42 Å². The first-order valence-electron chi connectivity index (χ1n) is 46.5. The molecular formula is C128H82N6O. The Labute approximate surface area is 777 Å². The molecule has 0 fully saturated rings. The van der Waals surface area contributed by atoms with Gasteiger partial charge in [0.1, 0.15) is 11.2 Å². The SMILES string of the molecule is CC1(C)c2ccccc2-c2c1ccc1ccc3ccc4cc(-c5nc6ccccc6nc5-c5ccccc5)ccc4c3c21.CC1(C)c2ccccc2-c2cc3c(ccc4ccc5cc(-c6nc7c(ccc8ccccc87)nc6-c6ccccc6)ccc5c43)cc21.c1ccc(-c2nc3ccc4ccccc4c3nc2-c2ccc3c(ccc4ccc5cc6oc7ccccc7c6cc5c43)c2)cc1. The van der Waals surface area contributed by atoms with E-state index in [9.17, 15) is 0 Å². The van der Waals surface area contributed by atoms with E-state index in [1.54, 1.807) is 0 Å². The summed E-state index contributed by atoms with van der Waals surface area (Å²) in [6, 6.07) is 152. The molecule has 0 radical (unpaired) electrons. The Balaban J connectivity index is 0.000000103. The number of hydrogen-bond donors (Lipinski definition) is 0. The molecule has 7 heteroatoms. The number of furan rings is 1. The standard InChI is InChI=1S/C45H30N2.C42H24N2O.C41H28N2/c1-45(2)38-15-9-8-14-35(38)37-26-36-31(25-39(37)45)19-17-28-16-18-30-24-32(20-22-33(30)41(28)36)43-42(29-11-4-3-5-12-29)46-40-23-21-27-10-6-7-13-34(27)44(40)47-43;1-2-9-27(10-3-1)40-41(44-42-32-11-5-4-8-25(32)19-21-36(42)43-40)30-18-20-31-28(22-30)16-14-26-15-17-29-23-38-35(24-34(29)39(26)31)33-12-6-7-13-37(33)45-38;1-41(2)32-13-7-6-12-31(32)38-33(41)23-21-26-17-16-25-18-19-28-24-29(20-22-30(28)36(25)37(26)38)40-39(27-10-4-3-5-11-27)42-34-14-8-9-15-35(34)43-40/h3-26H,1-2H3;1-24H;3-24H,1-2H3. The van der Waals surface area contributed by atoms with Crippen LogP contribution in [0.3, 0.4) is 0 Å². The summed E-state index contributed by atoms with van der Waals surface area (Å²) in [5.74, 6) is 0. The number of nitrogens with zero attached hydrogens (tertiary/aromatic N) is 6. The Kier molecular flexibility index (Phi) is 17.3. The van der Waals surface area contributed by atoms with Gasteiger partial charge in [-0.05, 0) is 225 Å². The number of para-hydroxylation sites is 3. The summed E-state index contributed by atoms with van der Waals surface area (Å²) in [5.41, 5.74) is 30.0. The summed E-state index contributed by atoms with van der Waals surface area (Å²) in [4.78, 5) is 31.5. The van der Waals surface area contributed by atoms with E-state index in [1.807, 2.05) is 54.6 Å². The van der Waals surface area contributed by atoms with E-state index in [0.717, 1.165) is 139 Å². The first kappa shape index (κ1) is 77.7. The number of aromatic nitrogens is 6. The van der Waals surface area contributed by atoms with Crippen molar-refractivity contribution in [1.29, 1.82) is 0 Å². The molecule has 0 unspecified atom stereocenters. The van der Waals surface area contributed by atoms with E-state index in [2.05, 4.69) is 398 Å². The van der Waals surface area contributed by atoms with Crippen LogP contribution in [0.2, 0.25) is 0 Å². The molecule has 29 rings (SSSR count). The van der Waals surface area contributed by atoms with Gasteiger partial charge in [0.15, 0.2) is 0 Å². The van der Waals surface area contributed by atoms with Crippen LogP contribution in [0.1, 0.15) is 49.9 Å². The molecule has 2 aliphatic carbocycles. The highest BCUT2D eigenvalue weighted by Crippen LogP contribution is 2.55. The van der Waals surface area contributed by atoms with Crippen molar-refractivity contribution >= 4 is 174 Å². The maximum Gasteiger partial charge on any atom is 0.136 e. The molecule has 4 heterocycles. The average molecular weight is 1720 g/mol. The topological polar surface area (TPSA) is 90.5 Å². The third-order valence-electron chi connectivity index (χ3n) is 29.0. The lowest BCUT2D eigenvalue weighted by atomic mass is 9.81. The molecule has 0 spiro atoms. The zero-order valence-electron chi connectivity index (χ0n) is 74.5. The van der Waals surface area contributed by atoms with E-state index in [0.29, 0.717) is 0 Å². The van der Waals surface area contributed by atoms with Gasteiger partial charge in [0.05, 0.1) is 67.3 Å². The highest BCUT2D eigenvalue weighted by atomic mass is 16.3. The lowest BCUT2D eigenvalue weighted by Gasteiger charge is -2.22. The van der Waals surface area contributed by atoms with E-state index in [4.69, 9.17) is 34.3 Å². The van der Waals surface area contributed by atoms with Gasteiger partial charge in [0.25, 0.3) is 0 Å². The Morgan fingerprint density at radius 3 is 1.07 bits per heavy atom. The maximum absolute atomic E-state index is 6.22. The minimum absolute atomic E-state index is 0.0224. The zero-order valence-corrected chi connectivity index (χ0v) is 74.5. The van der Waals surface area contributed by atoms with Crippen molar-refractivity contribution < 1.29 is 4.42 Å². The molecule has 2 aliphatic rings. The average Bonchev–Trinajstić information content (AvgIpc) is 1.54. The van der Waals surface area contributed by atoms with Crippen molar-refractivity contribution in [2.24, 2.45) is 0 Å². The third-order valence-corrected chi connectivity index (χ3v) is 29.0. The van der Waals surface area contributed by atoms with Crippen LogP contribution in [-0.2, 0) is 10.8 Å². The second-order valence-corrected chi connectivity index (χ2v) is 37.4. The van der Waals surface area contributed by atoms with Gasteiger partial charge >= 0.3 is 0 Å². The highest BCUT2D eigenvalue weighted by Gasteiger charge is 2.38. The van der Waals surface area contributed by atoms with Crippen LogP contribution in [-0.4, -0.2) is 29.9 Å². The smallest absolute Gasteiger partial charge is 0.136 e. The minimum atomic E-state index is -0.0391. The van der Waals surface area contributed by atoms with Crippen molar-refractivity contribution in [3.8, 4) is 89.8 Å². The lowest BCUT2D eigenvalue weighted by molar-refractivity contribution is 0.661. The summed E-state index contributed by atoms with van der Waals surface area (Å²) in [6.07, 6.45) is 0. The molecule has 630 valence electrons. The predicted octanol–water partition coefficient (Wildman–Crippen LogP) is 34.1. The van der Waals surface area contributed by atoms with Crippen molar-refractivity contribution in [1.82, 2.24) is 29.9 Å². The van der Waals surface area contributed by atoms with Gasteiger partial charge in [-0.25, -0.2) is 29.9 Å². The van der Waals surface area contributed by atoms with Crippen molar-refractivity contribution in [2.45, 2.75) is 38.5 Å². The van der Waals surface area contributed by atoms with Crippen molar-refractivity contribution in [3.05, 3.63) is 447 Å². The second-order valence-electron chi connectivity index (χ2n) is 37.4. The van der Waals surface area contributed by atoms with E-state index in [-0.39, 0.29) is 10.8 Å². The molecule has 23 aromatic carbocycles. The second kappa shape index (κ2) is 30.2. The maximum atomic E-state index is 6.22. The summed E-state index contributed by atoms with van der Waals surface area (Å²) < 4.78 is 6.22.